The Morgan fingerprint density at radius 1 is 1.00 bits per heavy atom. The van der Waals surface area contributed by atoms with Gasteiger partial charge in [0, 0.05) is 31.0 Å². The van der Waals surface area contributed by atoms with Gasteiger partial charge in [-0.2, -0.15) is 0 Å². The van der Waals surface area contributed by atoms with Crippen molar-refractivity contribution in [2.75, 3.05) is 17.7 Å². The standard InChI is InChI=1S/C17H18N2O3/c1-12(20)18-15-6-8-16(9-7-15)19-17(21)14-5-3-4-13(10-14)11-22-2/h3-10H,11H2,1-2H3,(H,18,20)(H,19,21). The second kappa shape index (κ2) is 7.38. The van der Waals surface area contributed by atoms with Gasteiger partial charge in [-0.1, -0.05) is 12.1 Å². The number of hydrogen-bond acceptors (Lipinski definition) is 3. The fourth-order valence-electron chi connectivity index (χ4n) is 2.01. The molecule has 5 heteroatoms. The minimum Gasteiger partial charge on any atom is -0.380 e. The maximum atomic E-state index is 12.2. The minimum atomic E-state index is -0.190. The maximum Gasteiger partial charge on any atom is 0.255 e. The number of carbonyl (C=O) groups excluding carboxylic acids is 2. The highest BCUT2D eigenvalue weighted by molar-refractivity contribution is 6.04. The summed E-state index contributed by atoms with van der Waals surface area (Å²) in [4.78, 5) is 23.2. The van der Waals surface area contributed by atoms with Crippen LogP contribution in [0.2, 0.25) is 0 Å². The van der Waals surface area contributed by atoms with Crippen LogP contribution in [0, 0.1) is 0 Å². The number of ether oxygens (including phenoxy) is 1. The third kappa shape index (κ3) is 4.43. The van der Waals surface area contributed by atoms with Gasteiger partial charge in [0.2, 0.25) is 5.91 Å². The highest BCUT2D eigenvalue weighted by atomic mass is 16.5. The van der Waals surface area contributed by atoms with Crippen LogP contribution >= 0.6 is 0 Å². The first-order valence-electron chi connectivity index (χ1n) is 6.85. The second-order valence-corrected chi connectivity index (χ2v) is 4.85. The Balaban J connectivity index is 2.05. The largest absolute Gasteiger partial charge is 0.380 e. The molecule has 5 nitrogen and oxygen atoms in total. The van der Waals surface area contributed by atoms with Crippen LogP contribution < -0.4 is 10.6 Å². The summed E-state index contributed by atoms with van der Waals surface area (Å²) in [6.07, 6.45) is 0. The third-order valence-corrected chi connectivity index (χ3v) is 2.96. The van der Waals surface area contributed by atoms with Gasteiger partial charge < -0.3 is 15.4 Å². The molecule has 0 saturated heterocycles. The molecule has 2 rings (SSSR count). The number of anilines is 2. The van der Waals surface area contributed by atoms with Crippen LogP contribution in [0.25, 0.3) is 0 Å². The van der Waals surface area contributed by atoms with Crippen molar-refractivity contribution < 1.29 is 14.3 Å². The van der Waals surface area contributed by atoms with E-state index in [-0.39, 0.29) is 11.8 Å². The first kappa shape index (κ1) is 15.7. The highest BCUT2D eigenvalue weighted by Gasteiger charge is 2.07. The fourth-order valence-corrected chi connectivity index (χ4v) is 2.01. The second-order valence-electron chi connectivity index (χ2n) is 4.85. The van der Waals surface area contributed by atoms with Crippen molar-refractivity contribution in [2.24, 2.45) is 0 Å². The van der Waals surface area contributed by atoms with Crippen molar-refractivity contribution in [1.29, 1.82) is 0 Å². The summed E-state index contributed by atoms with van der Waals surface area (Å²) in [5.74, 6) is -0.322. The Labute approximate surface area is 129 Å². The minimum absolute atomic E-state index is 0.133. The number of rotatable bonds is 5. The lowest BCUT2D eigenvalue weighted by Crippen LogP contribution is -2.12. The van der Waals surface area contributed by atoms with Crippen molar-refractivity contribution in [3.63, 3.8) is 0 Å². The SMILES string of the molecule is COCc1cccc(C(=O)Nc2ccc(NC(C)=O)cc2)c1. The van der Waals surface area contributed by atoms with Gasteiger partial charge in [0.15, 0.2) is 0 Å². The summed E-state index contributed by atoms with van der Waals surface area (Å²) in [6, 6.07) is 14.2. The van der Waals surface area contributed by atoms with E-state index in [1.165, 1.54) is 6.92 Å². The lowest BCUT2D eigenvalue weighted by molar-refractivity contribution is -0.114. The molecule has 0 aliphatic heterocycles. The van der Waals surface area contributed by atoms with Gasteiger partial charge in [0.1, 0.15) is 0 Å². The molecule has 0 radical (unpaired) electrons. The molecular weight excluding hydrogens is 280 g/mol. The van der Waals surface area contributed by atoms with Gasteiger partial charge >= 0.3 is 0 Å². The van der Waals surface area contributed by atoms with Gasteiger partial charge in [-0.15, -0.1) is 0 Å². The summed E-state index contributed by atoms with van der Waals surface area (Å²) in [7, 11) is 1.61. The predicted octanol–water partition coefficient (Wildman–Crippen LogP) is 3.04. The van der Waals surface area contributed by atoms with Gasteiger partial charge in [0.05, 0.1) is 6.61 Å². The molecule has 2 amide bonds. The average Bonchev–Trinajstić information content (AvgIpc) is 2.49. The molecule has 0 atom stereocenters. The number of nitrogens with one attached hydrogen (secondary N) is 2. The zero-order valence-corrected chi connectivity index (χ0v) is 12.6. The maximum absolute atomic E-state index is 12.2. The number of hydrogen-bond donors (Lipinski definition) is 2. The zero-order valence-electron chi connectivity index (χ0n) is 12.6. The Morgan fingerprint density at radius 3 is 2.23 bits per heavy atom. The molecule has 2 N–H and O–H groups in total. The van der Waals surface area contributed by atoms with E-state index in [1.807, 2.05) is 12.1 Å². The monoisotopic (exact) mass is 298 g/mol. The molecule has 114 valence electrons. The van der Waals surface area contributed by atoms with E-state index in [0.29, 0.717) is 23.5 Å². The van der Waals surface area contributed by atoms with Gasteiger partial charge in [0.25, 0.3) is 5.91 Å². The molecule has 0 spiro atoms. The Bertz CT molecular complexity index is 666. The summed E-state index contributed by atoms with van der Waals surface area (Å²) in [5.41, 5.74) is 2.86. The number of benzene rings is 2. The molecule has 0 fully saturated rings. The van der Waals surface area contributed by atoms with E-state index in [9.17, 15) is 9.59 Å². The van der Waals surface area contributed by atoms with E-state index in [2.05, 4.69) is 10.6 Å². The van der Waals surface area contributed by atoms with Crippen molar-refractivity contribution in [2.45, 2.75) is 13.5 Å². The molecule has 0 unspecified atom stereocenters. The zero-order chi connectivity index (χ0) is 15.9. The molecule has 0 aliphatic rings. The molecule has 0 aliphatic carbocycles. The first-order valence-corrected chi connectivity index (χ1v) is 6.85. The highest BCUT2D eigenvalue weighted by Crippen LogP contribution is 2.15. The quantitative estimate of drug-likeness (QED) is 0.891. The van der Waals surface area contributed by atoms with E-state index < -0.39 is 0 Å². The first-order chi connectivity index (χ1) is 10.6. The lowest BCUT2D eigenvalue weighted by Gasteiger charge is -2.08. The molecule has 0 heterocycles. The van der Waals surface area contributed by atoms with Gasteiger partial charge in [-0.05, 0) is 42.0 Å². The van der Waals surface area contributed by atoms with Crippen LogP contribution in [0.5, 0.6) is 0 Å². The summed E-state index contributed by atoms with van der Waals surface area (Å²) < 4.78 is 5.06. The van der Waals surface area contributed by atoms with E-state index in [0.717, 1.165) is 5.56 Å². The molecule has 22 heavy (non-hydrogen) atoms. The molecular formula is C17H18N2O3. The average molecular weight is 298 g/mol. The number of amides is 2. The van der Waals surface area contributed by atoms with E-state index >= 15 is 0 Å². The van der Waals surface area contributed by atoms with Gasteiger partial charge in [-0.3, -0.25) is 9.59 Å². The van der Waals surface area contributed by atoms with Crippen molar-refractivity contribution in [1.82, 2.24) is 0 Å². The molecule has 2 aromatic carbocycles. The predicted molar refractivity (Wildman–Crippen MR) is 85.9 cm³/mol. The van der Waals surface area contributed by atoms with Crippen molar-refractivity contribution >= 4 is 23.2 Å². The number of methoxy groups -OCH3 is 1. The van der Waals surface area contributed by atoms with Crippen LogP contribution in [-0.2, 0) is 16.1 Å². The Morgan fingerprint density at radius 2 is 1.64 bits per heavy atom. The van der Waals surface area contributed by atoms with Crippen molar-refractivity contribution in [3.8, 4) is 0 Å². The lowest BCUT2D eigenvalue weighted by atomic mass is 10.1. The van der Waals surface area contributed by atoms with Crippen LogP contribution in [0.4, 0.5) is 11.4 Å². The Kier molecular flexibility index (Phi) is 5.27. The third-order valence-electron chi connectivity index (χ3n) is 2.96. The van der Waals surface area contributed by atoms with Crippen molar-refractivity contribution in [3.05, 3.63) is 59.7 Å². The molecule has 0 saturated carbocycles. The van der Waals surface area contributed by atoms with Crippen LogP contribution in [0.15, 0.2) is 48.5 Å². The molecule has 0 bridgehead atoms. The van der Waals surface area contributed by atoms with Crippen LogP contribution in [0.1, 0.15) is 22.8 Å². The normalized spacial score (nSPS) is 10.1. The number of carbonyl (C=O) groups is 2. The topological polar surface area (TPSA) is 67.4 Å². The molecule has 0 aromatic heterocycles. The van der Waals surface area contributed by atoms with Gasteiger partial charge in [-0.25, -0.2) is 0 Å². The van der Waals surface area contributed by atoms with E-state index in [1.54, 1.807) is 43.5 Å². The molecule has 2 aromatic rings. The Hall–Kier alpha value is -2.66. The smallest absolute Gasteiger partial charge is 0.255 e. The summed E-state index contributed by atoms with van der Waals surface area (Å²) >= 11 is 0. The van der Waals surface area contributed by atoms with Crippen LogP contribution in [0.3, 0.4) is 0 Å². The summed E-state index contributed by atoms with van der Waals surface area (Å²) in [6.45, 7) is 1.91. The fraction of sp³-hybridized carbons (Fsp3) is 0.176. The summed E-state index contributed by atoms with van der Waals surface area (Å²) in [5, 5.41) is 5.49. The van der Waals surface area contributed by atoms with Crippen LogP contribution in [-0.4, -0.2) is 18.9 Å². The van der Waals surface area contributed by atoms with E-state index in [4.69, 9.17) is 4.74 Å².